The Morgan fingerprint density at radius 1 is 1.53 bits per heavy atom. The first-order chi connectivity index (χ1) is 8.11. The highest BCUT2D eigenvalue weighted by atomic mass is 16.5. The number of carbonyl (C=O) groups is 1. The van der Waals surface area contributed by atoms with E-state index in [0.717, 1.165) is 26.2 Å². The maximum absolute atomic E-state index is 11.5. The Morgan fingerprint density at radius 3 is 2.82 bits per heavy atom. The Hall–Kier alpha value is -0.910. The topological polar surface area (TPSA) is 53.6 Å². The summed E-state index contributed by atoms with van der Waals surface area (Å²) in [4.78, 5) is 13.7. The first kappa shape index (κ1) is 16.1. The molecule has 0 radical (unpaired) electrons. The maximum Gasteiger partial charge on any atom is 0.237 e. The molecule has 0 aliphatic rings. The van der Waals surface area contributed by atoms with Crippen molar-refractivity contribution in [1.29, 1.82) is 0 Å². The number of hydrogen-bond donors (Lipinski definition) is 2. The quantitative estimate of drug-likeness (QED) is 0.524. The molecule has 0 aromatic heterocycles. The van der Waals surface area contributed by atoms with Crippen molar-refractivity contribution < 1.29 is 9.53 Å². The normalized spacial score (nSPS) is 12.5. The van der Waals surface area contributed by atoms with Crippen LogP contribution >= 0.6 is 0 Å². The largest absolute Gasteiger partial charge is 0.383 e. The molecular weight excluding hydrogens is 218 g/mol. The lowest BCUT2D eigenvalue weighted by molar-refractivity contribution is -0.122. The molecule has 17 heavy (non-hydrogen) atoms. The summed E-state index contributed by atoms with van der Waals surface area (Å²) in [6.07, 6.45) is 1.67. The second kappa shape index (κ2) is 10.3. The third-order valence-electron chi connectivity index (χ3n) is 2.44. The van der Waals surface area contributed by atoms with Crippen LogP contribution in [0.2, 0.25) is 0 Å². The zero-order valence-electron chi connectivity index (χ0n) is 11.2. The van der Waals surface area contributed by atoms with Crippen molar-refractivity contribution in [3.63, 3.8) is 0 Å². The molecule has 0 heterocycles. The van der Waals surface area contributed by atoms with E-state index in [1.807, 2.05) is 14.0 Å². The van der Waals surface area contributed by atoms with Gasteiger partial charge in [-0.3, -0.25) is 4.79 Å². The van der Waals surface area contributed by atoms with Crippen molar-refractivity contribution in [3.8, 4) is 0 Å². The van der Waals surface area contributed by atoms with Crippen molar-refractivity contribution in [2.75, 3.05) is 46.9 Å². The van der Waals surface area contributed by atoms with Gasteiger partial charge >= 0.3 is 0 Å². The Morgan fingerprint density at radius 2 is 2.24 bits per heavy atom. The van der Waals surface area contributed by atoms with E-state index in [1.165, 1.54) is 0 Å². The number of nitrogens with one attached hydrogen (secondary N) is 2. The second-order valence-corrected chi connectivity index (χ2v) is 4.01. The van der Waals surface area contributed by atoms with Crippen LogP contribution in [0.3, 0.4) is 0 Å². The summed E-state index contributed by atoms with van der Waals surface area (Å²) >= 11 is 0. The summed E-state index contributed by atoms with van der Waals surface area (Å²) < 4.78 is 4.99. The number of rotatable bonds is 10. The fourth-order valence-electron chi connectivity index (χ4n) is 1.25. The number of nitrogens with zero attached hydrogens (tertiary/aromatic N) is 1. The minimum absolute atomic E-state index is 0.00412. The van der Waals surface area contributed by atoms with Gasteiger partial charge in [0, 0.05) is 33.3 Å². The summed E-state index contributed by atoms with van der Waals surface area (Å²) in [7, 11) is 3.72. The van der Waals surface area contributed by atoms with Crippen LogP contribution in [-0.4, -0.2) is 63.8 Å². The molecule has 0 aromatic carbocycles. The zero-order chi connectivity index (χ0) is 13.1. The Bertz CT molecular complexity index is 222. The molecule has 0 aliphatic heterocycles. The van der Waals surface area contributed by atoms with Gasteiger partial charge in [-0.2, -0.15) is 0 Å². The standard InChI is InChI=1S/C12H25N3O2/c1-5-6-14-12(16)11(2)13-7-8-15(3)9-10-17-4/h5,11,13H,1,6-10H2,2-4H3,(H,14,16). The summed E-state index contributed by atoms with van der Waals surface area (Å²) in [5.74, 6) is 0.00412. The van der Waals surface area contributed by atoms with Gasteiger partial charge in [0.1, 0.15) is 0 Å². The van der Waals surface area contributed by atoms with E-state index in [2.05, 4.69) is 22.1 Å². The molecule has 0 bridgehead atoms. The third-order valence-corrected chi connectivity index (χ3v) is 2.44. The summed E-state index contributed by atoms with van der Waals surface area (Å²) in [5, 5.41) is 5.92. The molecule has 0 aliphatic carbocycles. The highest BCUT2D eigenvalue weighted by Crippen LogP contribution is 1.84. The molecule has 0 aromatic rings. The van der Waals surface area contributed by atoms with Crippen molar-refractivity contribution in [3.05, 3.63) is 12.7 Å². The van der Waals surface area contributed by atoms with Crippen molar-refractivity contribution >= 4 is 5.91 Å². The molecule has 0 rings (SSSR count). The fraction of sp³-hybridized carbons (Fsp3) is 0.750. The van der Waals surface area contributed by atoms with Crippen LogP contribution in [0.1, 0.15) is 6.92 Å². The molecule has 1 atom stereocenters. The van der Waals surface area contributed by atoms with E-state index in [-0.39, 0.29) is 11.9 Å². The lowest BCUT2D eigenvalue weighted by Crippen LogP contribution is -2.44. The van der Waals surface area contributed by atoms with Crippen molar-refractivity contribution in [1.82, 2.24) is 15.5 Å². The summed E-state index contributed by atoms with van der Waals surface area (Å²) in [6.45, 7) is 9.22. The van der Waals surface area contributed by atoms with Crippen LogP contribution in [0, 0.1) is 0 Å². The number of hydrogen-bond acceptors (Lipinski definition) is 4. The van der Waals surface area contributed by atoms with Crippen LogP contribution in [0.15, 0.2) is 12.7 Å². The molecule has 0 saturated carbocycles. The third kappa shape index (κ3) is 8.85. The van der Waals surface area contributed by atoms with Crippen LogP contribution in [0.5, 0.6) is 0 Å². The predicted octanol–water partition coefficient (Wildman–Crippen LogP) is -0.155. The van der Waals surface area contributed by atoms with Gasteiger partial charge in [0.2, 0.25) is 5.91 Å². The van der Waals surface area contributed by atoms with E-state index in [1.54, 1.807) is 13.2 Å². The SMILES string of the molecule is C=CCNC(=O)C(C)NCCN(C)CCOC. The van der Waals surface area contributed by atoms with E-state index < -0.39 is 0 Å². The van der Waals surface area contributed by atoms with E-state index >= 15 is 0 Å². The molecular formula is C12H25N3O2. The number of likely N-dealkylation sites (N-methyl/N-ethyl adjacent to an activating group) is 1. The summed E-state index contributed by atoms with van der Waals surface area (Å²) in [6, 6.07) is -0.175. The van der Waals surface area contributed by atoms with Gasteiger partial charge < -0.3 is 20.3 Å². The minimum atomic E-state index is -0.175. The van der Waals surface area contributed by atoms with Crippen LogP contribution < -0.4 is 10.6 Å². The van der Waals surface area contributed by atoms with E-state index in [9.17, 15) is 4.79 Å². The highest BCUT2D eigenvalue weighted by molar-refractivity contribution is 5.81. The Labute approximate surface area is 104 Å². The lowest BCUT2D eigenvalue weighted by atomic mass is 10.3. The van der Waals surface area contributed by atoms with Gasteiger partial charge in [0.25, 0.3) is 0 Å². The zero-order valence-corrected chi connectivity index (χ0v) is 11.2. The molecule has 1 unspecified atom stereocenters. The fourth-order valence-corrected chi connectivity index (χ4v) is 1.25. The van der Waals surface area contributed by atoms with Gasteiger partial charge in [0.05, 0.1) is 12.6 Å². The second-order valence-electron chi connectivity index (χ2n) is 4.01. The maximum atomic E-state index is 11.5. The van der Waals surface area contributed by atoms with Crippen molar-refractivity contribution in [2.45, 2.75) is 13.0 Å². The average molecular weight is 243 g/mol. The first-order valence-corrected chi connectivity index (χ1v) is 5.91. The number of amides is 1. The summed E-state index contributed by atoms with van der Waals surface area (Å²) in [5.41, 5.74) is 0. The first-order valence-electron chi connectivity index (χ1n) is 5.91. The number of ether oxygens (including phenoxy) is 1. The molecule has 0 spiro atoms. The number of methoxy groups -OCH3 is 1. The molecule has 0 saturated heterocycles. The smallest absolute Gasteiger partial charge is 0.237 e. The predicted molar refractivity (Wildman–Crippen MR) is 70.0 cm³/mol. The minimum Gasteiger partial charge on any atom is -0.383 e. The van der Waals surface area contributed by atoms with E-state index in [0.29, 0.717) is 6.54 Å². The van der Waals surface area contributed by atoms with Crippen LogP contribution in [-0.2, 0) is 9.53 Å². The highest BCUT2D eigenvalue weighted by Gasteiger charge is 2.10. The van der Waals surface area contributed by atoms with Gasteiger partial charge in [-0.25, -0.2) is 0 Å². The molecule has 0 fully saturated rings. The molecule has 1 amide bonds. The van der Waals surface area contributed by atoms with Crippen molar-refractivity contribution in [2.24, 2.45) is 0 Å². The Balaban J connectivity index is 3.58. The average Bonchev–Trinajstić information content (AvgIpc) is 2.33. The van der Waals surface area contributed by atoms with Gasteiger partial charge in [-0.05, 0) is 14.0 Å². The molecule has 2 N–H and O–H groups in total. The van der Waals surface area contributed by atoms with Crippen LogP contribution in [0.4, 0.5) is 0 Å². The van der Waals surface area contributed by atoms with Crippen LogP contribution in [0.25, 0.3) is 0 Å². The lowest BCUT2D eigenvalue weighted by Gasteiger charge is -2.18. The Kier molecular flexibility index (Phi) is 9.71. The van der Waals surface area contributed by atoms with Gasteiger partial charge in [0.15, 0.2) is 0 Å². The van der Waals surface area contributed by atoms with Gasteiger partial charge in [-0.1, -0.05) is 6.08 Å². The van der Waals surface area contributed by atoms with Gasteiger partial charge in [-0.15, -0.1) is 6.58 Å². The molecule has 5 nitrogen and oxygen atoms in total. The monoisotopic (exact) mass is 243 g/mol. The molecule has 5 heteroatoms. The molecule has 100 valence electrons. The number of carbonyl (C=O) groups excluding carboxylic acids is 1. The van der Waals surface area contributed by atoms with E-state index in [4.69, 9.17) is 4.74 Å².